The van der Waals surface area contributed by atoms with E-state index in [-0.39, 0.29) is 12.5 Å². The molecule has 0 aromatic heterocycles. The molecule has 14 nitrogen and oxygen atoms in total. The second-order valence-corrected chi connectivity index (χ2v) is 21.8. The second-order valence-electron chi connectivity index (χ2n) is 21.8. The number of unbranched alkanes of at least 4 members (excludes halogenated alkanes) is 30. The lowest BCUT2D eigenvalue weighted by atomic mass is 9.97. The molecule has 2 heterocycles. The first-order valence-corrected chi connectivity index (χ1v) is 30.7. The van der Waals surface area contributed by atoms with Crippen molar-refractivity contribution in [3.8, 4) is 0 Å². The van der Waals surface area contributed by atoms with Crippen molar-refractivity contribution in [1.82, 2.24) is 5.32 Å². The number of carbonyl (C=O) groups excluding carboxylic acids is 1. The summed E-state index contributed by atoms with van der Waals surface area (Å²) in [4.78, 5) is 13.2. The lowest BCUT2D eigenvalue weighted by Gasteiger charge is -2.46. The third-order valence-electron chi connectivity index (χ3n) is 15.1. The molecule has 75 heavy (non-hydrogen) atoms. The lowest BCUT2D eigenvalue weighted by Crippen LogP contribution is -2.65. The van der Waals surface area contributed by atoms with Crippen molar-refractivity contribution in [3.63, 3.8) is 0 Å². The number of carbonyl (C=O) groups is 1. The van der Waals surface area contributed by atoms with Gasteiger partial charge in [0, 0.05) is 6.42 Å². The molecule has 0 bridgehead atoms. The highest BCUT2D eigenvalue weighted by atomic mass is 16.7. The predicted molar refractivity (Wildman–Crippen MR) is 300 cm³/mol. The summed E-state index contributed by atoms with van der Waals surface area (Å²) >= 11 is 0. The highest BCUT2D eigenvalue weighted by molar-refractivity contribution is 5.76. The summed E-state index contributed by atoms with van der Waals surface area (Å²) in [6, 6.07) is -0.823. The number of nitrogens with one attached hydrogen (secondary N) is 1. The van der Waals surface area contributed by atoms with Gasteiger partial charge in [0.1, 0.15) is 48.8 Å². The quantitative estimate of drug-likeness (QED) is 0.0204. The molecular weight excluding hydrogens is 955 g/mol. The number of rotatable bonds is 49. The van der Waals surface area contributed by atoms with Gasteiger partial charge in [-0.1, -0.05) is 230 Å². The fraction of sp³-hybridized carbons (Fsp3) is 0.885. The Bertz CT molecular complexity index is 1400. The van der Waals surface area contributed by atoms with E-state index in [1.807, 2.05) is 0 Å². The normalized spacial score (nSPS) is 25.3. The zero-order valence-corrected chi connectivity index (χ0v) is 47.3. The summed E-state index contributed by atoms with van der Waals surface area (Å²) in [5, 5.41) is 86.7. The third kappa shape index (κ3) is 32.8. The van der Waals surface area contributed by atoms with Gasteiger partial charge < -0.3 is 65.1 Å². The number of ether oxygens (including phenoxy) is 4. The standard InChI is InChI=1S/C61H113NO13/c1-3-5-7-9-11-12-13-14-15-16-17-18-19-20-21-22-23-24-25-26-27-28-29-30-31-32-33-34-35-36-37-38-39-41-43-45-53(66)62-49(50(65)44-42-40-10-8-6-4-2)48-72-60-58(71)56(69)59(52(47-64)74-60)75-61-57(70)55(68)54(67)51(46-63)73-61/h13-14,16-17,19-20,49-52,54-61,63-65,67-71H,3-12,15,18,21-48H2,1-2H3,(H,62,66)/b14-13-,17-16-,20-19-. The van der Waals surface area contributed by atoms with Crippen LogP contribution >= 0.6 is 0 Å². The van der Waals surface area contributed by atoms with Crippen LogP contribution in [0.1, 0.15) is 251 Å². The molecule has 9 N–H and O–H groups in total. The van der Waals surface area contributed by atoms with E-state index in [0.29, 0.717) is 12.8 Å². The molecule has 12 atom stereocenters. The van der Waals surface area contributed by atoms with Crippen molar-refractivity contribution >= 4 is 5.91 Å². The topological polar surface area (TPSA) is 228 Å². The third-order valence-corrected chi connectivity index (χ3v) is 15.1. The summed E-state index contributed by atoms with van der Waals surface area (Å²) in [6.07, 6.45) is 40.9. The molecule has 14 heteroatoms. The van der Waals surface area contributed by atoms with Gasteiger partial charge in [-0.05, 0) is 51.4 Å². The molecular formula is C61H113NO13. The molecule has 12 unspecified atom stereocenters. The monoisotopic (exact) mass is 1070 g/mol. The van der Waals surface area contributed by atoms with Gasteiger partial charge in [0.25, 0.3) is 0 Å². The predicted octanol–water partition coefficient (Wildman–Crippen LogP) is 10.6. The van der Waals surface area contributed by atoms with Gasteiger partial charge in [-0.3, -0.25) is 4.79 Å². The number of aliphatic hydroxyl groups is 8. The summed E-state index contributed by atoms with van der Waals surface area (Å²) in [5.74, 6) is -0.210. The van der Waals surface area contributed by atoms with Crippen LogP contribution in [0.25, 0.3) is 0 Å². The molecule has 1 amide bonds. The van der Waals surface area contributed by atoms with Crippen molar-refractivity contribution < 1.29 is 64.6 Å². The van der Waals surface area contributed by atoms with Crippen molar-refractivity contribution in [2.24, 2.45) is 0 Å². The first-order valence-electron chi connectivity index (χ1n) is 30.7. The first-order chi connectivity index (χ1) is 36.6. The second kappa shape index (κ2) is 47.1. The van der Waals surface area contributed by atoms with Crippen LogP contribution in [0, 0.1) is 0 Å². The van der Waals surface area contributed by atoms with Crippen molar-refractivity contribution in [1.29, 1.82) is 0 Å². The summed E-state index contributed by atoms with van der Waals surface area (Å²) in [5.41, 5.74) is 0. The maximum absolute atomic E-state index is 13.2. The first kappa shape index (κ1) is 69.3. The van der Waals surface area contributed by atoms with E-state index >= 15 is 0 Å². The van der Waals surface area contributed by atoms with Gasteiger partial charge in [0.15, 0.2) is 12.6 Å². The summed E-state index contributed by atoms with van der Waals surface area (Å²) in [6.45, 7) is 2.78. The smallest absolute Gasteiger partial charge is 0.220 e. The summed E-state index contributed by atoms with van der Waals surface area (Å²) < 4.78 is 22.7. The molecule has 2 saturated heterocycles. The lowest BCUT2D eigenvalue weighted by molar-refractivity contribution is -0.359. The molecule has 2 aliphatic rings. The van der Waals surface area contributed by atoms with Gasteiger partial charge in [0.05, 0.1) is 32.0 Å². The zero-order valence-electron chi connectivity index (χ0n) is 47.3. The molecule has 0 aromatic rings. The molecule has 2 aliphatic heterocycles. The van der Waals surface area contributed by atoms with E-state index in [1.165, 1.54) is 148 Å². The van der Waals surface area contributed by atoms with Crippen LogP contribution in [-0.4, -0.2) is 140 Å². The maximum Gasteiger partial charge on any atom is 0.220 e. The SMILES string of the molecule is CCCCCCC/C=C\C/C=C\C/C=C\CCCCCCCCCCCCCCCCCCCCCCC(=O)NC(COC1OC(CO)C(OC2OC(CO)C(O)C(O)C2O)C(O)C1O)C(O)CCCCCCCC. The van der Waals surface area contributed by atoms with Gasteiger partial charge in [-0.15, -0.1) is 0 Å². The minimum Gasteiger partial charge on any atom is -0.394 e. The molecule has 0 saturated carbocycles. The Morgan fingerprint density at radius 3 is 1.35 bits per heavy atom. The highest BCUT2D eigenvalue weighted by Gasteiger charge is 2.51. The Labute approximate surface area is 455 Å². The van der Waals surface area contributed by atoms with Crippen molar-refractivity contribution in [2.45, 2.75) is 325 Å². The fourth-order valence-corrected chi connectivity index (χ4v) is 10.1. The summed E-state index contributed by atoms with van der Waals surface area (Å²) in [7, 11) is 0. The molecule has 0 radical (unpaired) electrons. The number of aliphatic hydroxyl groups excluding tert-OH is 8. The fourth-order valence-electron chi connectivity index (χ4n) is 10.1. The van der Waals surface area contributed by atoms with Crippen LogP contribution in [0.15, 0.2) is 36.5 Å². The Morgan fingerprint density at radius 1 is 0.480 bits per heavy atom. The van der Waals surface area contributed by atoms with Crippen LogP contribution in [-0.2, 0) is 23.7 Å². The maximum atomic E-state index is 13.2. The van der Waals surface area contributed by atoms with Gasteiger partial charge >= 0.3 is 0 Å². The van der Waals surface area contributed by atoms with E-state index in [1.54, 1.807) is 0 Å². The molecule has 2 fully saturated rings. The van der Waals surface area contributed by atoms with Crippen LogP contribution in [0.4, 0.5) is 0 Å². The molecule has 0 aliphatic carbocycles. The Hall–Kier alpha value is -1.79. The van der Waals surface area contributed by atoms with E-state index < -0.39 is 86.8 Å². The Morgan fingerprint density at radius 2 is 0.880 bits per heavy atom. The van der Waals surface area contributed by atoms with Crippen LogP contribution in [0.2, 0.25) is 0 Å². The van der Waals surface area contributed by atoms with E-state index in [9.17, 15) is 45.6 Å². The molecule has 2 rings (SSSR count). The van der Waals surface area contributed by atoms with Gasteiger partial charge in [-0.25, -0.2) is 0 Å². The number of amides is 1. The van der Waals surface area contributed by atoms with E-state index in [4.69, 9.17) is 18.9 Å². The number of hydrogen-bond donors (Lipinski definition) is 9. The molecule has 440 valence electrons. The molecule has 0 aromatic carbocycles. The van der Waals surface area contributed by atoms with Crippen LogP contribution < -0.4 is 5.32 Å². The van der Waals surface area contributed by atoms with Gasteiger partial charge in [0.2, 0.25) is 5.91 Å². The van der Waals surface area contributed by atoms with E-state index in [0.717, 1.165) is 77.0 Å². The Balaban J connectivity index is 1.52. The highest BCUT2D eigenvalue weighted by Crippen LogP contribution is 2.30. The zero-order chi connectivity index (χ0) is 54.6. The van der Waals surface area contributed by atoms with E-state index in [2.05, 4.69) is 55.6 Å². The minimum atomic E-state index is -1.78. The number of allylic oxidation sites excluding steroid dienone is 6. The van der Waals surface area contributed by atoms with Gasteiger partial charge in [-0.2, -0.15) is 0 Å². The average molecular weight is 1070 g/mol. The minimum absolute atomic E-state index is 0.210. The molecule has 0 spiro atoms. The van der Waals surface area contributed by atoms with Crippen molar-refractivity contribution in [3.05, 3.63) is 36.5 Å². The average Bonchev–Trinajstić information content (AvgIpc) is 3.41. The van der Waals surface area contributed by atoms with Crippen LogP contribution in [0.5, 0.6) is 0 Å². The van der Waals surface area contributed by atoms with Crippen molar-refractivity contribution in [2.75, 3.05) is 19.8 Å². The largest absolute Gasteiger partial charge is 0.394 e. The number of hydrogen-bond acceptors (Lipinski definition) is 13. The van der Waals surface area contributed by atoms with Crippen LogP contribution in [0.3, 0.4) is 0 Å². The Kier molecular flexibility index (Phi) is 43.5.